The molecule has 1 aromatic carbocycles. The maximum absolute atomic E-state index is 11.9. The molecule has 2 aromatic rings. The molecule has 108 valence electrons. The minimum atomic E-state index is -0.666. The van der Waals surface area contributed by atoms with E-state index < -0.39 is 11.4 Å². The quantitative estimate of drug-likeness (QED) is 0.935. The summed E-state index contributed by atoms with van der Waals surface area (Å²) in [6.07, 6.45) is 7.22. The predicted octanol–water partition coefficient (Wildman–Crippen LogP) is 3.27. The van der Waals surface area contributed by atoms with Crippen LogP contribution in [-0.2, 0) is 24.1 Å². The third kappa shape index (κ3) is 2.82. The van der Waals surface area contributed by atoms with Gasteiger partial charge in [0.05, 0.1) is 5.41 Å². The van der Waals surface area contributed by atoms with Crippen LogP contribution in [0.5, 0.6) is 0 Å². The van der Waals surface area contributed by atoms with Crippen LogP contribution in [0, 0.1) is 5.41 Å². The lowest BCUT2D eigenvalue weighted by Crippen LogP contribution is -2.37. The number of carboxylic acid groups (broad SMARTS) is 1. The van der Waals surface area contributed by atoms with E-state index in [1.165, 1.54) is 11.1 Å². The standard InChI is InChI=1S/C18H19NO2/c20-17(21)18(9-7-14-4-3-11-19-13-14)10-8-15-5-1-2-6-16(15)12-18/h1-6,11,13H,7-10,12H2,(H,20,21). The molecule has 1 aliphatic rings. The molecule has 0 fully saturated rings. The van der Waals surface area contributed by atoms with Gasteiger partial charge >= 0.3 is 5.97 Å². The van der Waals surface area contributed by atoms with Crippen LogP contribution in [-0.4, -0.2) is 16.1 Å². The van der Waals surface area contributed by atoms with Gasteiger partial charge in [0.15, 0.2) is 0 Å². The summed E-state index contributed by atoms with van der Waals surface area (Å²) in [5.74, 6) is -0.666. The predicted molar refractivity (Wildman–Crippen MR) is 81.1 cm³/mol. The third-order valence-corrected chi connectivity index (χ3v) is 4.59. The maximum atomic E-state index is 11.9. The van der Waals surface area contributed by atoms with Crippen LogP contribution >= 0.6 is 0 Å². The SMILES string of the molecule is O=C(O)C1(CCc2cccnc2)CCc2ccccc2C1. The molecule has 0 aliphatic heterocycles. The molecular formula is C18H19NO2. The molecule has 1 heterocycles. The van der Waals surface area contributed by atoms with Crippen molar-refractivity contribution in [3.8, 4) is 0 Å². The molecule has 0 radical (unpaired) electrons. The zero-order chi connectivity index (χ0) is 14.7. The molecule has 0 amide bonds. The summed E-state index contributed by atoms with van der Waals surface area (Å²) < 4.78 is 0. The zero-order valence-electron chi connectivity index (χ0n) is 12.0. The number of hydrogen-bond acceptors (Lipinski definition) is 2. The highest BCUT2D eigenvalue weighted by molar-refractivity contribution is 5.75. The van der Waals surface area contributed by atoms with Crippen molar-refractivity contribution in [2.45, 2.75) is 32.1 Å². The Bertz CT molecular complexity index is 639. The first kappa shape index (κ1) is 13.8. The van der Waals surface area contributed by atoms with Gasteiger partial charge in [-0.3, -0.25) is 9.78 Å². The first-order valence-electron chi connectivity index (χ1n) is 7.39. The summed E-state index contributed by atoms with van der Waals surface area (Å²) in [4.78, 5) is 16.0. The van der Waals surface area contributed by atoms with Crippen LogP contribution in [0.25, 0.3) is 0 Å². The fourth-order valence-electron chi connectivity index (χ4n) is 3.23. The van der Waals surface area contributed by atoms with Crippen molar-refractivity contribution in [2.24, 2.45) is 5.41 Å². The fourth-order valence-corrected chi connectivity index (χ4v) is 3.23. The summed E-state index contributed by atoms with van der Waals surface area (Å²) in [7, 11) is 0. The van der Waals surface area contributed by atoms with E-state index in [2.05, 4.69) is 17.1 Å². The van der Waals surface area contributed by atoms with Gasteiger partial charge in [-0.05, 0) is 54.9 Å². The van der Waals surface area contributed by atoms with E-state index in [9.17, 15) is 9.90 Å². The van der Waals surface area contributed by atoms with Crippen LogP contribution in [0.15, 0.2) is 48.8 Å². The van der Waals surface area contributed by atoms with E-state index in [4.69, 9.17) is 0 Å². The lowest BCUT2D eigenvalue weighted by atomic mass is 9.68. The second-order valence-corrected chi connectivity index (χ2v) is 5.89. The van der Waals surface area contributed by atoms with Gasteiger partial charge in [-0.1, -0.05) is 30.3 Å². The molecule has 0 saturated carbocycles. The zero-order valence-corrected chi connectivity index (χ0v) is 12.0. The Morgan fingerprint density at radius 2 is 2.00 bits per heavy atom. The average molecular weight is 281 g/mol. The van der Waals surface area contributed by atoms with Crippen LogP contribution in [0.1, 0.15) is 29.5 Å². The van der Waals surface area contributed by atoms with E-state index in [-0.39, 0.29) is 0 Å². The van der Waals surface area contributed by atoms with Crippen molar-refractivity contribution in [3.05, 3.63) is 65.5 Å². The Kier molecular flexibility index (Phi) is 3.74. The molecule has 1 atom stereocenters. The third-order valence-electron chi connectivity index (χ3n) is 4.59. The molecule has 21 heavy (non-hydrogen) atoms. The van der Waals surface area contributed by atoms with Gasteiger partial charge in [-0.15, -0.1) is 0 Å². The lowest BCUT2D eigenvalue weighted by Gasteiger charge is -2.34. The summed E-state index contributed by atoms with van der Waals surface area (Å²) in [6.45, 7) is 0. The fraction of sp³-hybridized carbons (Fsp3) is 0.333. The van der Waals surface area contributed by atoms with Crippen molar-refractivity contribution in [1.82, 2.24) is 4.98 Å². The molecule has 1 N–H and O–H groups in total. The molecular weight excluding hydrogens is 262 g/mol. The number of rotatable bonds is 4. The number of hydrogen-bond donors (Lipinski definition) is 1. The van der Waals surface area contributed by atoms with Crippen molar-refractivity contribution in [3.63, 3.8) is 0 Å². The number of aromatic nitrogens is 1. The van der Waals surface area contributed by atoms with Gasteiger partial charge in [0, 0.05) is 12.4 Å². The van der Waals surface area contributed by atoms with Gasteiger partial charge < -0.3 is 5.11 Å². The van der Waals surface area contributed by atoms with Crippen molar-refractivity contribution in [2.75, 3.05) is 0 Å². The topological polar surface area (TPSA) is 50.2 Å². The summed E-state index contributed by atoms with van der Waals surface area (Å²) in [6, 6.07) is 12.1. The second kappa shape index (κ2) is 5.68. The number of fused-ring (bicyclic) bond motifs is 1. The largest absolute Gasteiger partial charge is 0.481 e. The number of carbonyl (C=O) groups is 1. The van der Waals surface area contributed by atoms with Crippen molar-refractivity contribution in [1.29, 1.82) is 0 Å². The Balaban J connectivity index is 1.80. The molecule has 1 aliphatic carbocycles. The van der Waals surface area contributed by atoms with E-state index in [0.717, 1.165) is 24.8 Å². The number of aryl methyl sites for hydroxylation is 2. The van der Waals surface area contributed by atoms with E-state index in [1.807, 2.05) is 30.5 Å². The number of pyridine rings is 1. The summed E-state index contributed by atoms with van der Waals surface area (Å²) >= 11 is 0. The lowest BCUT2D eigenvalue weighted by molar-refractivity contribution is -0.150. The highest BCUT2D eigenvalue weighted by Crippen LogP contribution is 2.39. The molecule has 0 saturated heterocycles. The van der Waals surface area contributed by atoms with Crippen molar-refractivity contribution < 1.29 is 9.90 Å². The highest BCUT2D eigenvalue weighted by Gasteiger charge is 2.40. The highest BCUT2D eigenvalue weighted by atomic mass is 16.4. The van der Waals surface area contributed by atoms with Gasteiger partial charge in [0.2, 0.25) is 0 Å². The number of aliphatic carboxylic acids is 1. The van der Waals surface area contributed by atoms with E-state index >= 15 is 0 Å². The van der Waals surface area contributed by atoms with Crippen LogP contribution < -0.4 is 0 Å². The summed E-state index contributed by atoms with van der Waals surface area (Å²) in [5.41, 5.74) is 2.97. The first-order valence-corrected chi connectivity index (χ1v) is 7.39. The van der Waals surface area contributed by atoms with Crippen LogP contribution in [0.3, 0.4) is 0 Å². The first-order chi connectivity index (χ1) is 10.2. The molecule has 1 aromatic heterocycles. The molecule has 3 heteroatoms. The Labute approximate surface area is 124 Å². The van der Waals surface area contributed by atoms with Gasteiger partial charge in [-0.25, -0.2) is 0 Å². The molecule has 3 rings (SSSR count). The molecule has 3 nitrogen and oxygen atoms in total. The number of nitrogens with zero attached hydrogens (tertiary/aromatic N) is 1. The van der Waals surface area contributed by atoms with Gasteiger partial charge in [-0.2, -0.15) is 0 Å². The Morgan fingerprint density at radius 3 is 2.71 bits per heavy atom. The van der Waals surface area contributed by atoms with Crippen molar-refractivity contribution >= 4 is 5.97 Å². The number of benzene rings is 1. The Hall–Kier alpha value is -2.16. The van der Waals surface area contributed by atoms with E-state index in [1.54, 1.807) is 6.20 Å². The van der Waals surface area contributed by atoms with Crippen LogP contribution in [0.4, 0.5) is 0 Å². The normalized spacial score (nSPS) is 20.8. The second-order valence-electron chi connectivity index (χ2n) is 5.89. The van der Waals surface area contributed by atoms with Gasteiger partial charge in [0.25, 0.3) is 0 Å². The van der Waals surface area contributed by atoms with E-state index in [0.29, 0.717) is 12.8 Å². The smallest absolute Gasteiger partial charge is 0.309 e. The van der Waals surface area contributed by atoms with Crippen LogP contribution in [0.2, 0.25) is 0 Å². The average Bonchev–Trinajstić information content (AvgIpc) is 2.53. The monoisotopic (exact) mass is 281 g/mol. The minimum absolute atomic E-state index is 0.635. The molecule has 0 bridgehead atoms. The molecule has 1 unspecified atom stereocenters. The maximum Gasteiger partial charge on any atom is 0.309 e. The summed E-state index contributed by atoms with van der Waals surface area (Å²) in [5, 5.41) is 9.78. The van der Waals surface area contributed by atoms with Gasteiger partial charge in [0.1, 0.15) is 0 Å². The minimum Gasteiger partial charge on any atom is -0.481 e. The molecule has 0 spiro atoms. The number of carboxylic acids is 1. The Morgan fingerprint density at radius 1 is 1.19 bits per heavy atom.